The van der Waals surface area contributed by atoms with Gasteiger partial charge in [0.2, 0.25) is 5.91 Å². The van der Waals surface area contributed by atoms with Gasteiger partial charge in [-0.1, -0.05) is 0 Å². The average molecular weight is 216 g/mol. The number of rotatable bonds is 5. The number of amides is 1. The Morgan fingerprint density at radius 3 is 2.93 bits per heavy atom. The van der Waals surface area contributed by atoms with Gasteiger partial charge in [-0.3, -0.25) is 4.79 Å². The van der Waals surface area contributed by atoms with Crippen molar-refractivity contribution in [3.05, 3.63) is 0 Å². The fourth-order valence-electron chi connectivity index (χ4n) is 1.87. The van der Waals surface area contributed by atoms with E-state index in [0.29, 0.717) is 6.61 Å². The van der Waals surface area contributed by atoms with E-state index >= 15 is 0 Å². The highest BCUT2D eigenvalue weighted by molar-refractivity contribution is 5.80. The van der Waals surface area contributed by atoms with E-state index in [2.05, 4.69) is 10.6 Å². The van der Waals surface area contributed by atoms with Gasteiger partial charge in [0.25, 0.3) is 0 Å². The quantitative estimate of drug-likeness (QED) is 0.557. The minimum atomic E-state index is -0.296. The topological polar surface area (TPSA) is 70.6 Å². The SMILES string of the molecule is COCC(CO)NC(=O)C1CCNC1C. The van der Waals surface area contributed by atoms with Gasteiger partial charge < -0.3 is 20.5 Å². The zero-order chi connectivity index (χ0) is 11.3. The van der Waals surface area contributed by atoms with Crippen LogP contribution in [-0.2, 0) is 9.53 Å². The first-order valence-electron chi connectivity index (χ1n) is 5.32. The van der Waals surface area contributed by atoms with Crippen molar-refractivity contribution in [2.24, 2.45) is 5.92 Å². The Hall–Kier alpha value is -0.650. The molecule has 0 aliphatic carbocycles. The number of aliphatic hydroxyl groups excluding tert-OH is 1. The van der Waals surface area contributed by atoms with E-state index in [1.807, 2.05) is 6.92 Å². The summed E-state index contributed by atoms with van der Waals surface area (Å²) in [6.07, 6.45) is 0.859. The predicted molar refractivity (Wildman–Crippen MR) is 56.5 cm³/mol. The molecule has 0 spiro atoms. The molecule has 0 radical (unpaired) electrons. The zero-order valence-electron chi connectivity index (χ0n) is 9.32. The molecule has 1 amide bonds. The Kier molecular flexibility index (Phi) is 5.01. The number of nitrogens with one attached hydrogen (secondary N) is 2. The molecule has 1 saturated heterocycles. The lowest BCUT2D eigenvalue weighted by Crippen LogP contribution is -2.45. The van der Waals surface area contributed by atoms with Crippen LogP contribution >= 0.6 is 0 Å². The second-order valence-corrected chi connectivity index (χ2v) is 3.98. The highest BCUT2D eigenvalue weighted by atomic mass is 16.5. The third kappa shape index (κ3) is 3.44. The van der Waals surface area contributed by atoms with Gasteiger partial charge in [-0.05, 0) is 19.9 Å². The number of methoxy groups -OCH3 is 1. The first kappa shape index (κ1) is 12.4. The van der Waals surface area contributed by atoms with Crippen LogP contribution in [0.1, 0.15) is 13.3 Å². The maximum Gasteiger partial charge on any atom is 0.225 e. The third-order valence-electron chi connectivity index (χ3n) is 2.80. The van der Waals surface area contributed by atoms with Crippen molar-refractivity contribution in [3.63, 3.8) is 0 Å². The summed E-state index contributed by atoms with van der Waals surface area (Å²) in [5.74, 6) is 0.0134. The van der Waals surface area contributed by atoms with Gasteiger partial charge in [-0.2, -0.15) is 0 Å². The molecular weight excluding hydrogens is 196 g/mol. The van der Waals surface area contributed by atoms with Crippen LogP contribution in [0.5, 0.6) is 0 Å². The van der Waals surface area contributed by atoms with Gasteiger partial charge in [0, 0.05) is 13.2 Å². The molecule has 3 N–H and O–H groups in total. The molecule has 3 unspecified atom stereocenters. The van der Waals surface area contributed by atoms with Gasteiger partial charge in [0.05, 0.1) is 25.2 Å². The average Bonchev–Trinajstić information content (AvgIpc) is 2.63. The maximum atomic E-state index is 11.8. The van der Waals surface area contributed by atoms with Crippen molar-refractivity contribution < 1.29 is 14.6 Å². The minimum Gasteiger partial charge on any atom is -0.394 e. The van der Waals surface area contributed by atoms with E-state index in [4.69, 9.17) is 9.84 Å². The first-order chi connectivity index (χ1) is 7.19. The molecule has 88 valence electrons. The highest BCUT2D eigenvalue weighted by Crippen LogP contribution is 2.15. The zero-order valence-corrected chi connectivity index (χ0v) is 9.32. The van der Waals surface area contributed by atoms with Crippen LogP contribution in [0.2, 0.25) is 0 Å². The van der Waals surface area contributed by atoms with E-state index in [1.165, 1.54) is 0 Å². The Labute approximate surface area is 90.2 Å². The van der Waals surface area contributed by atoms with Crippen LogP contribution in [0.25, 0.3) is 0 Å². The Balaban J connectivity index is 2.39. The third-order valence-corrected chi connectivity index (χ3v) is 2.80. The highest BCUT2D eigenvalue weighted by Gasteiger charge is 2.30. The van der Waals surface area contributed by atoms with Crippen molar-refractivity contribution in [2.75, 3.05) is 26.9 Å². The van der Waals surface area contributed by atoms with Crippen LogP contribution in [0.15, 0.2) is 0 Å². The Morgan fingerprint density at radius 1 is 1.73 bits per heavy atom. The monoisotopic (exact) mass is 216 g/mol. The summed E-state index contributed by atoms with van der Waals surface area (Å²) in [5.41, 5.74) is 0. The van der Waals surface area contributed by atoms with E-state index in [9.17, 15) is 4.79 Å². The lowest BCUT2D eigenvalue weighted by molar-refractivity contribution is -0.126. The first-order valence-corrected chi connectivity index (χ1v) is 5.32. The second kappa shape index (κ2) is 6.05. The second-order valence-electron chi connectivity index (χ2n) is 3.98. The fourth-order valence-corrected chi connectivity index (χ4v) is 1.87. The molecule has 1 heterocycles. The lowest BCUT2D eigenvalue weighted by atomic mass is 10.0. The molecule has 1 fully saturated rings. The molecule has 0 aromatic rings. The molecule has 0 bridgehead atoms. The summed E-state index contributed by atoms with van der Waals surface area (Å²) in [6, 6.07) is -0.0813. The number of hydrogen-bond donors (Lipinski definition) is 3. The Morgan fingerprint density at radius 2 is 2.47 bits per heavy atom. The van der Waals surface area contributed by atoms with Crippen molar-refractivity contribution in [2.45, 2.75) is 25.4 Å². The van der Waals surface area contributed by atoms with E-state index in [1.54, 1.807) is 7.11 Å². The standard InChI is InChI=1S/C10H20N2O3/c1-7-9(3-4-11-7)10(14)12-8(5-13)6-15-2/h7-9,11,13H,3-6H2,1-2H3,(H,12,14). The molecule has 1 aliphatic rings. The summed E-state index contributed by atoms with van der Waals surface area (Å²) >= 11 is 0. The molecule has 5 nitrogen and oxygen atoms in total. The summed E-state index contributed by atoms with van der Waals surface area (Å²) in [4.78, 5) is 11.8. The molecule has 1 aliphatic heterocycles. The van der Waals surface area contributed by atoms with Crippen LogP contribution in [0.4, 0.5) is 0 Å². The van der Waals surface area contributed by atoms with Crippen molar-refractivity contribution in [1.82, 2.24) is 10.6 Å². The summed E-state index contributed by atoms with van der Waals surface area (Å²) in [6.45, 7) is 3.14. The number of aliphatic hydroxyl groups is 1. The van der Waals surface area contributed by atoms with E-state index < -0.39 is 0 Å². The van der Waals surface area contributed by atoms with E-state index in [0.717, 1.165) is 13.0 Å². The summed E-state index contributed by atoms with van der Waals surface area (Å²) in [5, 5.41) is 15.0. The van der Waals surface area contributed by atoms with Crippen molar-refractivity contribution in [1.29, 1.82) is 0 Å². The van der Waals surface area contributed by atoms with Crippen LogP contribution in [0.3, 0.4) is 0 Å². The predicted octanol–water partition coefficient (Wildman–Crippen LogP) is -0.892. The summed E-state index contributed by atoms with van der Waals surface area (Å²) in [7, 11) is 1.55. The van der Waals surface area contributed by atoms with Crippen LogP contribution in [-0.4, -0.2) is 50.0 Å². The van der Waals surface area contributed by atoms with Gasteiger partial charge in [-0.25, -0.2) is 0 Å². The fraction of sp³-hybridized carbons (Fsp3) is 0.900. The molecule has 0 aromatic heterocycles. The Bertz CT molecular complexity index is 211. The van der Waals surface area contributed by atoms with Gasteiger partial charge >= 0.3 is 0 Å². The molecule has 0 aromatic carbocycles. The van der Waals surface area contributed by atoms with Gasteiger partial charge in [0.1, 0.15) is 0 Å². The maximum absolute atomic E-state index is 11.8. The molecule has 15 heavy (non-hydrogen) atoms. The number of hydrogen-bond acceptors (Lipinski definition) is 4. The molecule has 5 heteroatoms. The number of ether oxygens (including phenoxy) is 1. The number of carbonyl (C=O) groups is 1. The van der Waals surface area contributed by atoms with Crippen molar-refractivity contribution >= 4 is 5.91 Å². The van der Waals surface area contributed by atoms with Crippen LogP contribution in [0, 0.1) is 5.92 Å². The smallest absolute Gasteiger partial charge is 0.225 e. The minimum absolute atomic E-state index is 0.00333. The molecule has 0 saturated carbocycles. The van der Waals surface area contributed by atoms with Gasteiger partial charge in [-0.15, -0.1) is 0 Å². The molecule has 1 rings (SSSR count). The number of carbonyl (C=O) groups excluding carboxylic acids is 1. The normalized spacial score (nSPS) is 27.7. The summed E-state index contributed by atoms with van der Waals surface area (Å²) < 4.78 is 4.89. The molecule has 3 atom stereocenters. The van der Waals surface area contributed by atoms with E-state index in [-0.39, 0.29) is 30.5 Å². The largest absolute Gasteiger partial charge is 0.394 e. The van der Waals surface area contributed by atoms with Crippen LogP contribution < -0.4 is 10.6 Å². The molecular formula is C10H20N2O3. The lowest BCUT2D eigenvalue weighted by Gasteiger charge is -2.20. The van der Waals surface area contributed by atoms with Crippen molar-refractivity contribution in [3.8, 4) is 0 Å². The van der Waals surface area contributed by atoms with Gasteiger partial charge in [0.15, 0.2) is 0 Å².